The van der Waals surface area contributed by atoms with Gasteiger partial charge < -0.3 is 14.8 Å². The predicted molar refractivity (Wildman–Crippen MR) is 135 cm³/mol. The first kappa shape index (κ1) is 25.5. The lowest BCUT2D eigenvalue weighted by Gasteiger charge is -2.27. The smallest absolute Gasteiger partial charge is 0.303 e. The lowest BCUT2D eigenvalue weighted by Crippen LogP contribution is -2.40. The first-order valence-corrected chi connectivity index (χ1v) is 12.8. The summed E-state index contributed by atoms with van der Waals surface area (Å²) in [5, 5.41) is 2.95. The molecule has 1 heterocycles. The fraction of sp³-hybridized carbons (Fsp3) is 0.269. The van der Waals surface area contributed by atoms with Gasteiger partial charge in [-0.25, -0.2) is 4.39 Å². The molecule has 10 heteroatoms. The third-order valence-corrected chi connectivity index (χ3v) is 7.62. The zero-order valence-electron chi connectivity index (χ0n) is 20.3. The van der Waals surface area contributed by atoms with Crippen molar-refractivity contribution < 1.29 is 27.1 Å². The highest BCUT2D eigenvalue weighted by molar-refractivity contribution is 7.90. The van der Waals surface area contributed by atoms with Crippen LogP contribution < -0.4 is 19.1 Å². The second-order valence-corrected chi connectivity index (χ2v) is 10.6. The maximum atomic E-state index is 14.5. The van der Waals surface area contributed by atoms with E-state index in [0.717, 1.165) is 14.2 Å². The Balaban J connectivity index is 1.48. The van der Waals surface area contributed by atoms with Gasteiger partial charge in [0.15, 0.2) is 11.5 Å². The standard InChI is InChI=1S/C26H28FN3O5S/c1-18(21-12-13-24-25(16-21)35-15-14-34-24)28-26(31)20-10-8-19(9-11-20)17-30(36(32,33)29(2)3)23-7-5-4-6-22(23)27/h4-13,16,18H,14-15,17H2,1-3H3,(H,28,31)/t18-/m0/s1. The van der Waals surface area contributed by atoms with E-state index < -0.39 is 16.0 Å². The molecule has 190 valence electrons. The summed E-state index contributed by atoms with van der Waals surface area (Å²) < 4.78 is 53.5. The average Bonchev–Trinajstić information content (AvgIpc) is 2.87. The van der Waals surface area contributed by atoms with Crippen molar-refractivity contribution in [1.82, 2.24) is 9.62 Å². The normalized spacial score (nSPS) is 13.8. The summed E-state index contributed by atoms with van der Waals surface area (Å²) >= 11 is 0. The maximum absolute atomic E-state index is 14.5. The summed E-state index contributed by atoms with van der Waals surface area (Å²) in [7, 11) is -1.19. The van der Waals surface area contributed by atoms with E-state index in [4.69, 9.17) is 9.47 Å². The van der Waals surface area contributed by atoms with Crippen LogP contribution in [0.15, 0.2) is 66.7 Å². The summed E-state index contributed by atoms with van der Waals surface area (Å²) in [6.45, 7) is 2.76. The van der Waals surface area contributed by atoms with E-state index in [1.165, 1.54) is 32.3 Å². The molecule has 1 atom stereocenters. The van der Waals surface area contributed by atoms with E-state index in [1.807, 2.05) is 25.1 Å². The van der Waals surface area contributed by atoms with Crippen molar-refractivity contribution in [3.05, 3.63) is 89.2 Å². The second kappa shape index (κ2) is 10.5. The fourth-order valence-electron chi connectivity index (χ4n) is 3.76. The third-order valence-electron chi connectivity index (χ3n) is 5.82. The molecular formula is C26H28FN3O5S. The monoisotopic (exact) mass is 513 g/mol. The number of fused-ring (bicyclic) bond motifs is 1. The Morgan fingerprint density at radius 2 is 1.67 bits per heavy atom. The highest BCUT2D eigenvalue weighted by Crippen LogP contribution is 2.32. The number of halogens is 1. The summed E-state index contributed by atoms with van der Waals surface area (Å²) in [6, 6.07) is 17.5. The molecular weight excluding hydrogens is 485 g/mol. The Hall–Kier alpha value is -3.63. The van der Waals surface area contributed by atoms with Gasteiger partial charge in [-0.2, -0.15) is 12.7 Å². The molecule has 4 rings (SSSR count). The van der Waals surface area contributed by atoms with Crippen molar-refractivity contribution in [3.8, 4) is 11.5 Å². The average molecular weight is 514 g/mol. The number of nitrogens with one attached hydrogen (secondary N) is 1. The van der Waals surface area contributed by atoms with E-state index in [2.05, 4.69) is 5.32 Å². The largest absolute Gasteiger partial charge is 0.486 e. The SMILES string of the molecule is C[C@H](NC(=O)c1ccc(CN(c2ccccc2F)S(=O)(=O)N(C)C)cc1)c1ccc2c(c1)OCCO2. The molecule has 3 aromatic rings. The number of amides is 1. The van der Waals surface area contributed by atoms with E-state index in [1.54, 1.807) is 30.3 Å². The lowest BCUT2D eigenvalue weighted by molar-refractivity contribution is 0.0939. The Kier molecular flexibility index (Phi) is 7.46. The van der Waals surface area contributed by atoms with Crippen LogP contribution in [0.25, 0.3) is 0 Å². The molecule has 36 heavy (non-hydrogen) atoms. The van der Waals surface area contributed by atoms with Gasteiger partial charge in [0, 0.05) is 19.7 Å². The number of rotatable bonds is 8. The van der Waals surface area contributed by atoms with E-state index in [0.29, 0.717) is 35.8 Å². The van der Waals surface area contributed by atoms with Gasteiger partial charge in [0.2, 0.25) is 0 Å². The summed E-state index contributed by atoms with van der Waals surface area (Å²) in [4.78, 5) is 12.8. The molecule has 0 saturated carbocycles. The van der Waals surface area contributed by atoms with Crippen LogP contribution >= 0.6 is 0 Å². The van der Waals surface area contributed by atoms with Crippen LogP contribution in [0.5, 0.6) is 11.5 Å². The number of ether oxygens (including phenoxy) is 2. The minimum atomic E-state index is -3.96. The second-order valence-electron chi connectivity index (χ2n) is 8.54. The van der Waals surface area contributed by atoms with Crippen molar-refractivity contribution in [3.63, 3.8) is 0 Å². The molecule has 0 bridgehead atoms. The van der Waals surface area contributed by atoms with Gasteiger partial charge in [-0.1, -0.05) is 30.3 Å². The molecule has 8 nitrogen and oxygen atoms in total. The Morgan fingerprint density at radius 3 is 2.33 bits per heavy atom. The van der Waals surface area contributed by atoms with Crippen LogP contribution in [0, 0.1) is 5.82 Å². The van der Waals surface area contributed by atoms with Gasteiger partial charge in [-0.05, 0) is 54.4 Å². The number of nitrogens with zero attached hydrogens (tertiary/aromatic N) is 2. The van der Waals surface area contributed by atoms with Gasteiger partial charge >= 0.3 is 10.2 Å². The molecule has 1 aliphatic heterocycles. The molecule has 3 aromatic carbocycles. The van der Waals surface area contributed by atoms with E-state index in [-0.39, 0.29) is 24.2 Å². The molecule has 0 saturated heterocycles. The maximum Gasteiger partial charge on any atom is 0.303 e. The molecule has 1 amide bonds. The van der Waals surface area contributed by atoms with Crippen molar-refractivity contribution in [2.75, 3.05) is 31.6 Å². The van der Waals surface area contributed by atoms with Gasteiger partial charge in [-0.15, -0.1) is 0 Å². The highest BCUT2D eigenvalue weighted by Gasteiger charge is 2.27. The Bertz CT molecular complexity index is 1350. The fourth-order valence-corrected chi connectivity index (χ4v) is 4.87. The molecule has 0 unspecified atom stereocenters. The minimum Gasteiger partial charge on any atom is -0.486 e. The van der Waals surface area contributed by atoms with Crippen LogP contribution in [0.2, 0.25) is 0 Å². The van der Waals surface area contributed by atoms with Crippen LogP contribution in [0.1, 0.15) is 34.5 Å². The quantitative estimate of drug-likeness (QED) is 0.494. The van der Waals surface area contributed by atoms with Gasteiger partial charge in [0.25, 0.3) is 5.91 Å². The van der Waals surface area contributed by atoms with Crippen molar-refractivity contribution in [2.45, 2.75) is 19.5 Å². The topological polar surface area (TPSA) is 88.2 Å². The van der Waals surface area contributed by atoms with E-state index >= 15 is 0 Å². The Morgan fingerprint density at radius 1 is 1.00 bits per heavy atom. The molecule has 1 aliphatic rings. The Labute approximate surface area is 210 Å². The van der Waals surface area contributed by atoms with Crippen LogP contribution in [-0.4, -0.2) is 45.9 Å². The number of hydrogen-bond donors (Lipinski definition) is 1. The van der Waals surface area contributed by atoms with Gasteiger partial charge in [0.05, 0.1) is 18.3 Å². The molecule has 0 fully saturated rings. The van der Waals surface area contributed by atoms with Crippen molar-refractivity contribution in [1.29, 1.82) is 0 Å². The number of carbonyl (C=O) groups is 1. The zero-order chi connectivity index (χ0) is 25.9. The predicted octanol–water partition coefficient (Wildman–Crippen LogP) is 3.90. The number of carbonyl (C=O) groups excluding carboxylic acids is 1. The number of para-hydroxylation sites is 1. The number of hydrogen-bond acceptors (Lipinski definition) is 5. The molecule has 0 spiro atoms. The third kappa shape index (κ3) is 5.44. The first-order valence-electron chi connectivity index (χ1n) is 11.4. The summed E-state index contributed by atoms with van der Waals surface area (Å²) in [5.74, 6) is 0.402. The molecule has 1 N–H and O–H groups in total. The number of benzene rings is 3. The number of anilines is 1. The molecule has 0 radical (unpaired) electrons. The van der Waals surface area contributed by atoms with Crippen LogP contribution in [-0.2, 0) is 16.8 Å². The first-order chi connectivity index (χ1) is 17.2. The zero-order valence-corrected chi connectivity index (χ0v) is 21.1. The minimum absolute atomic E-state index is 0.0544. The van der Waals surface area contributed by atoms with Crippen molar-refractivity contribution >= 4 is 21.8 Å². The molecule has 0 aliphatic carbocycles. The van der Waals surface area contributed by atoms with Crippen LogP contribution in [0.4, 0.5) is 10.1 Å². The van der Waals surface area contributed by atoms with Gasteiger partial charge in [0.1, 0.15) is 19.0 Å². The van der Waals surface area contributed by atoms with Crippen LogP contribution in [0.3, 0.4) is 0 Å². The summed E-state index contributed by atoms with van der Waals surface area (Å²) in [5.41, 5.74) is 1.83. The van der Waals surface area contributed by atoms with E-state index in [9.17, 15) is 17.6 Å². The van der Waals surface area contributed by atoms with Crippen molar-refractivity contribution in [2.24, 2.45) is 0 Å². The highest BCUT2D eigenvalue weighted by atomic mass is 32.2. The van der Waals surface area contributed by atoms with Gasteiger partial charge in [-0.3, -0.25) is 9.10 Å². The summed E-state index contributed by atoms with van der Waals surface area (Å²) in [6.07, 6.45) is 0. The molecule has 0 aromatic heterocycles. The lowest BCUT2D eigenvalue weighted by atomic mass is 10.1.